The van der Waals surface area contributed by atoms with E-state index in [2.05, 4.69) is 14.8 Å². The van der Waals surface area contributed by atoms with Crippen LogP contribution in [0.3, 0.4) is 0 Å². The molecule has 3 aromatic rings. The molecule has 0 saturated heterocycles. The zero-order chi connectivity index (χ0) is 14.7. The van der Waals surface area contributed by atoms with E-state index >= 15 is 0 Å². The number of pyridine rings is 1. The molecular weight excluding hydrogens is 288 g/mol. The molecule has 7 heteroatoms. The van der Waals surface area contributed by atoms with E-state index in [1.807, 2.05) is 6.07 Å². The van der Waals surface area contributed by atoms with Crippen LogP contribution in [0.15, 0.2) is 72.1 Å². The van der Waals surface area contributed by atoms with Crippen molar-refractivity contribution in [2.24, 2.45) is 0 Å². The Morgan fingerprint density at radius 1 is 0.952 bits per heavy atom. The van der Waals surface area contributed by atoms with Gasteiger partial charge in [-0.25, -0.2) is 4.68 Å². The average molecular weight is 300 g/mol. The Balaban J connectivity index is 1.89. The summed E-state index contributed by atoms with van der Waals surface area (Å²) >= 11 is 0. The first-order chi connectivity index (χ1) is 10.1. The maximum absolute atomic E-state index is 12.2. The van der Waals surface area contributed by atoms with Crippen LogP contribution in [0, 0.1) is 0 Å². The third-order valence-electron chi connectivity index (χ3n) is 2.79. The van der Waals surface area contributed by atoms with Gasteiger partial charge in [0.1, 0.15) is 0 Å². The molecule has 3 rings (SSSR count). The summed E-state index contributed by atoms with van der Waals surface area (Å²) in [5.74, 6) is 0. The molecule has 0 fully saturated rings. The predicted octanol–water partition coefficient (Wildman–Crippen LogP) is 2.07. The highest BCUT2D eigenvalue weighted by molar-refractivity contribution is 7.92. The molecule has 106 valence electrons. The molecule has 6 nitrogen and oxygen atoms in total. The Kier molecular flexibility index (Phi) is 3.41. The lowest BCUT2D eigenvalue weighted by atomic mass is 10.3. The molecule has 0 unspecified atom stereocenters. The fourth-order valence-electron chi connectivity index (χ4n) is 1.80. The first kappa shape index (κ1) is 13.3. The van der Waals surface area contributed by atoms with E-state index in [4.69, 9.17) is 0 Å². The van der Waals surface area contributed by atoms with Crippen LogP contribution < -0.4 is 4.72 Å². The molecule has 21 heavy (non-hydrogen) atoms. The number of aromatic nitrogens is 3. The van der Waals surface area contributed by atoms with Crippen molar-refractivity contribution in [1.82, 2.24) is 14.8 Å². The minimum absolute atomic E-state index is 0.0387. The van der Waals surface area contributed by atoms with E-state index in [9.17, 15) is 8.42 Å². The second-order valence-corrected chi connectivity index (χ2v) is 5.90. The van der Waals surface area contributed by atoms with Crippen molar-refractivity contribution in [1.29, 1.82) is 0 Å². The molecule has 0 bridgehead atoms. The summed E-state index contributed by atoms with van der Waals surface area (Å²) < 4.78 is 28.5. The van der Waals surface area contributed by atoms with Crippen molar-refractivity contribution in [3.05, 3.63) is 67.1 Å². The van der Waals surface area contributed by atoms with Crippen LogP contribution >= 0.6 is 0 Å². The molecule has 0 aliphatic heterocycles. The monoisotopic (exact) mass is 300 g/mol. The van der Waals surface area contributed by atoms with E-state index in [0.717, 1.165) is 5.69 Å². The summed E-state index contributed by atoms with van der Waals surface area (Å²) in [4.78, 5) is 3.91. The molecule has 0 atom stereocenters. The number of nitrogens with one attached hydrogen (secondary N) is 1. The molecule has 0 aliphatic rings. The first-order valence-corrected chi connectivity index (χ1v) is 7.67. The molecule has 1 N–H and O–H groups in total. The van der Waals surface area contributed by atoms with E-state index < -0.39 is 10.0 Å². The minimum Gasteiger partial charge on any atom is -0.278 e. The largest absolute Gasteiger partial charge is 0.281 e. The summed E-state index contributed by atoms with van der Waals surface area (Å²) in [7, 11) is -3.70. The topological polar surface area (TPSA) is 76.9 Å². The quantitative estimate of drug-likeness (QED) is 0.800. The smallest absolute Gasteiger partial charge is 0.278 e. The maximum Gasteiger partial charge on any atom is 0.281 e. The van der Waals surface area contributed by atoms with Crippen LogP contribution in [0.25, 0.3) is 5.69 Å². The molecule has 0 aliphatic carbocycles. The second kappa shape index (κ2) is 5.37. The van der Waals surface area contributed by atoms with E-state index in [-0.39, 0.29) is 5.03 Å². The summed E-state index contributed by atoms with van der Waals surface area (Å²) in [6, 6.07) is 13.6. The number of para-hydroxylation sites is 1. The van der Waals surface area contributed by atoms with Gasteiger partial charge in [0, 0.05) is 24.3 Å². The van der Waals surface area contributed by atoms with Crippen LogP contribution in [0.4, 0.5) is 5.69 Å². The predicted molar refractivity (Wildman–Crippen MR) is 78.6 cm³/mol. The van der Waals surface area contributed by atoms with E-state index in [0.29, 0.717) is 5.69 Å². The fraction of sp³-hybridized carbons (Fsp3) is 0. The number of benzene rings is 1. The molecular formula is C14H12N4O2S. The Labute approximate surface area is 122 Å². The van der Waals surface area contributed by atoms with Gasteiger partial charge in [-0.3, -0.25) is 9.71 Å². The van der Waals surface area contributed by atoms with Gasteiger partial charge in [-0.2, -0.15) is 13.5 Å². The lowest BCUT2D eigenvalue weighted by Crippen LogP contribution is -2.14. The summed E-state index contributed by atoms with van der Waals surface area (Å²) in [6.07, 6.45) is 4.83. The van der Waals surface area contributed by atoms with Crippen molar-refractivity contribution in [2.75, 3.05) is 4.72 Å². The van der Waals surface area contributed by atoms with Crippen LogP contribution in [0.5, 0.6) is 0 Å². The number of hydrogen-bond acceptors (Lipinski definition) is 4. The van der Waals surface area contributed by atoms with Crippen molar-refractivity contribution in [3.63, 3.8) is 0 Å². The Morgan fingerprint density at radius 2 is 1.67 bits per heavy atom. The number of nitrogens with zero attached hydrogens (tertiary/aromatic N) is 3. The Bertz CT molecular complexity index is 830. The molecule has 0 spiro atoms. The lowest BCUT2D eigenvalue weighted by molar-refractivity contribution is 0.595. The van der Waals surface area contributed by atoms with Crippen LogP contribution in [0.1, 0.15) is 0 Å². The van der Waals surface area contributed by atoms with Gasteiger partial charge in [0.15, 0.2) is 5.03 Å². The van der Waals surface area contributed by atoms with Gasteiger partial charge < -0.3 is 0 Å². The first-order valence-electron chi connectivity index (χ1n) is 6.19. The number of sulfonamides is 1. The van der Waals surface area contributed by atoms with Gasteiger partial charge in [-0.1, -0.05) is 18.2 Å². The molecule has 1 aromatic carbocycles. The van der Waals surface area contributed by atoms with Gasteiger partial charge in [0.05, 0.1) is 5.69 Å². The molecule has 2 aromatic heterocycles. The van der Waals surface area contributed by atoms with Gasteiger partial charge in [-0.05, 0) is 30.3 Å². The van der Waals surface area contributed by atoms with Crippen molar-refractivity contribution in [2.45, 2.75) is 5.03 Å². The third-order valence-corrected chi connectivity index (χ3v) is 4.07. The van der Waals surface area contributed by atoms with Gasteiger partial charge >= 0.3 is 0 Å². The van der Waals surface area contributed by atoms with Gasteiger partial charge in [0.2, 0.25) is 0 Å². The standard InChI is InChI=1S/C14H12N4O2S/c19-21(20,17-12-4-2-1-3-5-12)14-8-11-18(16-14)13-6-9-15-10-7-13/h1-11,17H. The lowest BCUT2D eigenvalue weighted by Gasteiger charge is -2.05. The normalized spacial score (nSPS) is 11.2. The van der Waals surface area contributed by atoms with E-state index in [1.165, 1.54) is 10.7 Å². The third kappa shape index (κ3) is 2.92. The van der Waals surface area contributed by atoms with E-state index in [1.54, 1.807) is 55.0 Å². The average Bonchev–Trinajstić information content (AvgIpc) is 2.99. The number of hydrogen-bond donors (Lipinski definition) is 1. The summed E-state index contributed by atoms with van der Waals surface area (Å²) in [6.45, 7) is 0. The van der Waals surface area contributed by atoms with Crippen LogP contribution in [-0.2, 0) is 10.0 Å². The SMILES string of the molecule is O=S(=O)(Nc1ccccc1)c1ccn(-c2ccncc2)n1. The van der Waals surface area contributed by atoms with Crippen LogP contribution in [0.2, 0.25) is 0 Å². The Hall–Kier alpha value is -2.67. The number of rotatable bonds is 4. The van der Waals surface area contributed by atoms with Crippen molar-refractivity contribution < 1.29 is 8.42 Å². The van der Waals surface area contributed by atoms with Crippen LogP contribution in [-0.4, -0.2) is 23.2 Å². The minimum atomic E-state index is -3.70. The van der Waals surface area contributed by atoms with Gasteiger partial charge in [-0.15, -0.1) is 0 Å². The molecule has 0 amide bonds. The number of anilines is 1. The maximum atomic E-state index is 12.2. The second-order valence-electron chi connectivity index (χ2n) is 4.28. The Morgan fingerprint density at radius 3 is 2.38 bits per heavy atom. The highest BCUT2D eigenvalue weighted by Gasteiger charge is 2.17. The molecule has 2 heterocycles. The van der Waals surface area contributed by atoms with Crippen molar-refractivity contribution in [3.8, 4) is 5.69 Å². The zero-order valence-corrected chi connectivity index (χ0v) is 11.7. The summed E-state index contributed by atoms with van der Waals surface area (Å²) in [5, 5.41) is 4.05. The van der Waals surface area contributed by atoms with Crippen molar-refractivity contribution >= 4 is 15.7 Å². The zero-order valence-electron chi connectivity index (χ0n) is 10.9. The highest BCUT2D eigenvalue weighted by Crippen LogP contribution is 2.15. The fourth-order valence-corrected chi connectivity index (χ4v) is 2.79. The van der Waals surface area contributed by atoms with Gasteiger partial charge in [0.25, 0.3) is 10.0 Å². The molecule has 0 radical (unpaired) electrons. The highest BCUT2D eigenvalue weighted by atomic mass is 32.2. The molecule has 0 saturated carbocycles. The summed E-state index contributed by atoms with van der Waals surface area (Å²) in [5.41, 5.74) is 1.24.